The average Bonchev–Trinajstić information content (AvgIpc) is 2.87. The van der Waals surface area contributed by atoms with E-state index in [-0.39, 0.29) is 0 Å². The SMILES string of the molecule is O=C(CC1CNC1)N1CCN(Cc2cccs2)CC1. The van der Waals surface area contributed by atoms with E-state index in [1.165, 1.54) is 4.88 Å². The maximum absolute atomic E-state index is 12.1. The van der Waals surface area contributed by atoms with Crippen LogP contribution in [-0.4, -0.2) is 55.0 Å². The largest absolute Gasteiger partial charge is 0.340 e. The zero-order valence-corrected chi connectivity index (χ0v) is 12.0. The molecule has 3 heterocycles. The van der Waals surface area contributed by atoms with Gasteiger partial charge in [-0.15, -0.1) is 11.3 Å². The van der Waals surface area contributed by atoms with E-state index in [1.807, 2.05) is 16.2 Å². The molecule has 2 saturated heterocycles. The van der Waals surface area contributed by atoms with Crippen molar-refractivity contribution in [2.75, 3.05) is 39.3 Å². The molecule has 0 radical (unpaired) electrons. The Kier molecular flexibility index (Phi) is 4.15. The number of piperazine rings is 1. The molecule has 5 heteroatoms. The molecule has 19 heavy (non-hydrogen) atoms. The molecule has 0 saturated carbocycles. The molecule has 4 nitrogen and oxygen atoms in total. The minimum absolute atomic E-state index is 0.349. The van der Waals surface area contributed by atoms with E-state index in [9.17, 15) is 4.79 Å². The maximum Gasteiger partial charge on any atom is 0.223 e. The molecular weight excluding hydrogens is 258 g/mol. The first-order valence-corrected chi connectivity index (χ1v) is 7.92. The maximum atomic E-state index is 12.1. The Hall–Kier alpha value is -0.910. The van der Waals surface area contributed by atoms with E-state index in [1.54, 1.807) is 0 Å². The molecule has 3 rings (SSSR count). The van der Waals surface area contributed by atoms with Crippen LogP contribution in [0.15, 0.2) is 17.5 Å². The summed E-state index contributed by atoms with van der Waals surface area (Å²) in [4.78, 5) is 18.0. The van der Waals surface area contributed by atoms with Crippen molar-refractivity contribution in [2.45, 2.75) is 13.0 Å². The minimum atomic E-state index is 0.349. The highest BCUT2D eigenvalue weighted by Gasteiger charge is 2.26. The van der Waals surface area contributed by atoms with Gasteiger partial charge >= 0.3 is 0 Å². The number of thiophene rings is 1. The minimum Gasteiger partial charge on any atom is -0.340 e. The van der Waals surface area contributed by atoms with Crippen molar-refractivity contribution < 1.29 is 4.79 Å². The van der Waals surface area contributed by atoms with Crippen molar-refractivity contribution in [3.63, 3.8) is 0 Å². The van der Waals surface area contributed by atoms with Crippen LogP contribution in [0.25, 0.3) is 0 Å². The summed E-state index contributed by atoms with van der Waals surface area (Å²) in [5.41, 5.74) is 0. The molecule has 2 aliphatic heterocycles. The smallest absolute Gasteiger partial charge is 0.223 e. The lowest BCUT2D eigenvalue weighted by molar-refractivity contribution is -0.134. The molecule has 1 aromatic heterocycles. The summed E-state index contributed by atoms with van der Waals surface area (Å²) in [6.07, 6.45) is 0.734. The molecular formula is C14H21N3OS. The lowest BCUT2D eigenvalue weighted by Gasteiger charge is -2.36. The standard InChI is InChI=1S/C14H21N3OS/c18-14(8-12-9-15-10-12)17-5-3-16(4-6-17)11-13-2-1-7-19-13/h1-2,7,12,15H,3-6,8-11H2. The zero-order chi connectivity index (χ0) is 13.1. The van der Waals surface area contributed by atoms with Gasteiger partial charge in [-0.3, -0.25) is 9.69 Å². The van der Waals surface area contributed by atoms with E-state index in [2.05, 4.69) is 27.7 Å². The van der Waals surface area contributed by atoms with Crippen LogP contribution < -0.4 is 5.32 Å². The quantitative estimate of drug-likeness (QED) is 0.893. The Morgan fingerprint density at radius 2 is 2.11 bits per heavy atom. The molecule has 0 spiro atoms. The highest BCUT2D eigenvalue weighted by molar-refractivity contribution is 7.09. The number of carbonyl (C=O) groups is 1. The Morgan fingerprint density at radius 3 is 2.68 bits per heavy atom. The van der Waals surface area contributed by atoms with Crippen LogP contribution in [0.2, 0.25) is 0 Å². The topological polar surface area (TPSA) is 35.6 Å². The van der Waals surface area contributed by atoms with Gasteiger partial charge in [-0.1, -0.05) is 6.07 Å². The van der Waals surface area contributed by atoms with E-state index in [0.29, 0.717) is 11.8 Å². The molecule has 104 valence electrons. The van der Waals surface area contributed by atoms with Crippen LogP contribution >= 0.6 is 11.3 Å². The van der Waals surface area contributed by atoms with Crippen LogP contribution in [-0.2, 0) is 11.3 Å². The predicted octanol–water partition coefficient (Wildman–Crippen LogP) is 1.00. The van der Waals surface area contributed by atoms with Gasteiger partial charge in [-0.2, -0.15) is 0 Å². The first-order valence-electron chi connectivity index (χ1n) is 7.04. The van der Waals surface area contributed by atoms with Crippen LogP contribution in [0.1, 0.15) is 11.3 Å². The molecule has 1 N–H and O–H groups in total. The molecule has 2 aliphatic rings. The van der Waals surface area contributed by atoms with E-state index in [4.69, 9.17) is 0 Å². The van der Waals surface area contributed by atoms with Gasteiger partial charge in [-0.25, -0.2) is 0 Å². The number of nitrogens with zero attached hydrogens (tertiary/aromatic N) is 2. The van der Waals surface area contributed by atoms with Gasteiger partial charge in [0.2, 0.25) is 5.91 Å². The summed E-state index contributed by atoms with van der Waals surface area (Å²) in [5.74, 6) is 0.930. The van der Waals surface area contributed by atoms with Gasteiger partial charge < -0.3 is 10.2 Å². The number of nitrogens with one attached hydrogen (secondary N) is 1. The van der Waals surface area contributed by atoms with Crippen LogP contribution in [0.4, 0.5) is 0 Å². The fourth-order valence-electron chi connectivity index (χ4n) is 2.65. The Balaban J connectivity index is 1.42. The molecule has 0 unspecified atom stereocenters. The monoisotopic (exact) mass is 279 g/mol. The zero-order valence-electron chi connectivity index (χ0n) is 11.2. The van der Waals surface area contributed by atoms with Crippen molar-refractivity contribution in [1.82, 2.24) is 15.1 Å². The van der Waals surface area contributed by atoms with Crippen molar-refractivity contribution in [3.05, 3.63) is 22.4 Å². The van der Waals surface area contributed by atoms with Gasteiger partial charge in [0.25, 0.3) is 0 Å². The first-order chi connectivity index (χ1) is 9.31. The van der Waals surface area contributed by atoms with Gasteiger partial charge in [0.1, 0.15) is 0 Å². The highest BCUT2D eigenvalue weighted by Crippen LogP contribution is 2.15. The van der Waals surface area contributed by atoms with Gasteiger partial charge in [0, 0.05) is 44.0 Å². The van der Waals surface area contributed by atoms with Crippen molar-refractivity contribution in [1.29, 1.82) is 0 Å². The fraction of sp³-hybridized carbons (Fsp3) is 0.643. The second kappa shape index (κ2) is 6.03. The summed E-state index contributed by atoms with van der Waals surface area (Å²) < 4.78 is 0. The molecule has 2 fully saturated rings. The number of hydrogen-bond acceptors (Lipinski definition) is 4. The molecule has 1 aromatic rings. The third-order valence-electron chi connectivity index (χ3n) is 4.01. The average molecular weight is 279 g/mol. The second-order valence-corrected chi connectivity index (χ2v) is 6.50. The highest BCUT2D eigenvalue weighted by atomic mass is 32.1. The molecule has 1 amide bonds. The normalized spacial score (nSPS) is 21.4. The Bertz CT molecular complexity index is 408. The van der Waals surface area contributed by atoms with E-state index in [0.717, 1.165) is 52.2 Å². The summed E-state index contributed by atoms with van der Waals surface area (Å²) in [6.45, 7) is 6.87. The molecule has 0 atom stereocenters. The lowest BCUT2D eigenvalue weighted by Crippen LogP contribution is -2.50. The summed E-state index contributed by atoms with van der Waals surface area (Å²) in [5, 5.41) is 5.35. The Labute approximate surface area is 118 Å². The van der Waals surface area contributed by atoms with Crippen molar-refractivity contribution in [3.8, 4) is 0 Å². The summed E-state index contributed by atoms with van der Waals surface area (Å²) >= 11 is 1.81. The van der Waals surface area contributed by atoms with Gasteiger partial charge in [0.15, 0.2) is 0 Å². The van der Waals surface area contributed by atoms with Crippen molar-refractivity contribution >= 4 is 17.2 Å². The number of carbonyl (C=O) groups excluding carboxylic acids is 1. The van der Waals surface area contributed by atoms with Crippen LogP contribution in [0, 0.1) is 5.92 Å². The third kappa shape index (κ3) is 3.35. The Morgan fingerprint density at radius 1 is 1.32 bits per heavy atom. The van der Waals surface area contributed by atoms with Crippen LogP contribution in [0.5, 0.6) is 0 Å². The van der Waals surface area contributed by atoms with Gasteiger partial charge in [0.05, 0.1) is 0 Å². The predicted molar refractivity (Wildman–Crippen MR) is 77.2 cm³/mol. The molecule has 0 aromatic carbocycles. The number of rotatable bonds is 4. The summed E-state index contributed by atoms with van der Waals surface area (Å²) in [7, 11) is 0. The lowest BCUT2D eigenvalue weighted by atomic mass is 9.98. The van der Waals surface area contributed by atoms with E-state index >= 15 is 0 Å². The van der Waals surface area contributed by atoms with Crippen LogP contribution in [0.3, 0.4) is 0 Å². The number of hydrogen-bond donors (Lipinski definition) is 1. The second-order valence-electron chi connectivity index (χ2n) is 5.46. The first kappa shape index (κ1) is 13.1. The van der Waals surface area contributed by atoms with Crippen molar-refractivity contribution in [2.24, 2.45) is 5.92 Å². The van der Waals surface area contributed by atoms with E-state index < -0.39 is 0 Å². The molecule has 0 bridgehead atoms. The third-order valence-corrected chi connectivity index (χ3v) is 4.88. The fourth-order valence-corrected chi connectivity index (χ4v) is 3.39. The van der Waals surface area contributed by atoms with Gasteiger partial charge in [-0.05, 0) is 30.5 Å². The molecule has 0 aliphatic carbocycles. The number of amides is 1. The summed E-state index contributed by atoms with van der Waals surface area (Å²) in [6, 6.07) is 4.29.